The lowest BCUT2D eigenvalue weighted by Crippen LogP contribution is -2.37. The van der Waals surface area contributed by atoms with E-state index in [1.54, 1.807) is 0 Å². The summed E-state index contributed by atoms with van der Waals surface area (Å²) in [6.45, 7) is 10.2. The minimum absolute atomic E-state index is 0.164. The number of carbonyl (C=O) groups is 1. The molecule has 2 fully saturated rings. The molecule has 0 aromatic carbocycles. The molecule has 1 N–H and O–H groups in total. The maximum Gasteiger partial charge on any atom is 0.410 e. The van der Waals surface area contributed by atoms with E-state index in [9.17, 15) is 4.79 Å². The zero-order chi connectivity index (χ0) is 15.3. The van der Waals surface area contributed by atoms with Crippen LogP contribution >= 0.6 is 0 Å². The summed E-state index contributed by atoms with van der Waals surface area (Å²) < 4.78 is 10.8. The van der Waals surface area contributed by atoms with Crippen molar-refractivity contribution in [1.82, 2.24) is 10.2 Å². The van der Waals surface area contributed by atoms with Crippen molar-refractivity contribution in [2.45, 2.75) is 58.1 Å². The number of rotatable bonds is 4. The predicted molar refractivity (Wildman–Crippen MR) is 82.4 cm³/mol. The minimum atomic E-state index is -0.403. The second kappa shape index (κ2) is 7.45. The molecule has 1 unspecified atom stereocenters. The van der Waals surface area contributed by atoms with E-state index >= 15 is 0 Å². The van der Waals surface area contributed by atoms with Gasteiger partial charge in [0.25, 0.3) is 0 Å². The number of amides is 1. The van der Waals surface area contributed by atoms with E-state index in [0.717, 1.165) is 58.5 Å². The predicted octanol–water partition coefficient (Wildman–Crippen LogP) is 2.40. The molecular formula is C16H30N2O3. The van der Waals surface area contributed by atoms with Gasteiger partial charge in [0.1, 0.15) is 5.60 Å². The summed E-state index contributed by atoms with van der Waals surface area (Å²) in [7, 11) is 0. The third-order valence-corrected chi connectivity index (χ3v) is 4.14. The lowest BCUT2D eigenvalue weighted by Gasteiger charge is -2.25. The van der Waals surface area contributed by atoms with Crippen LogP contribution in [0.15, 0.2) is 0 Å². The highest BCUT2D eigenvalue weighted by Gasteiger charge is 2.29. The first-order valence-electron chi connectivity index (χ1n) is 8.23. The summed E-state index contributed by atoms with van der Waals surface area (Å²) in [6, 6.07) is 0.613. The Labute approximate surface area is 128 Å². The van der Waals surface area contributed by atoms with E-state index in [1.807, 2.05) is 25.7 Å². The SMILES string of the molecule is CC(C)(C)OC(=O)N1CCC(CCNC2CCOCC2)C1. The summed E-state index contributed by atoms with van der Waals surface area (Å²) in [4.78, 5) is 13.9. The number of likely N-dealkylation sites (tertiary alicyclic amines) is 1. The first-order valence-corrected chi connectivity index (χ1v) is 8.23. The van der Waals surface area contributed by atoms with Gasteiger partial charge >= 0.3 is 6.09 Å². The molecule has 2 aliphatic heterocycles. The molecule has 0 radical (unpaired) electrons. The number of hydrogen-bond donors (Lipinski definition) is 1. The van der Waals surface area contributed by atoms with Gasteiger partial charge in [-0.05, 0) is 58.9 Å². The van der Waals surface area contributed by atoms with E-state index in [0.29, 0.717) is 12.0 Å². The molecule has 0 aliphatic carbocycles. The van der Waals surface area contributed by atoms with Crippen molar-refractivity contribution < 1.29 is 14.3 Å². The zero-order valence-corrected chi connectivity index (χ0v) is 13.7. The Morgan fingerprint density at radius 1 is 1.29 bits per heavy atom. The van der Waals surface area contributed by atoms with Crippen molar-refractivity contribution >= 4 is 6.09 Å². The van der Waals surface area contributed by atoms with E-state index < -0.39 is 5.60 Å². The van der Waals surface area contributed by atoms with Crippen LogP contribution in [0, 0.1) is 5.92 Å². The first kappa shape index (κ1) is 16.6. The molecule has 122 valence electrons. The fraction of sp³-hybridized carbons (Fsp3) is 0.938. The standard InChI is InChI=1S/C16H30N2O3/c1-16(2,3)21-15(19)18-9-5-13(12-18)4-8-17-14-6-10-20-11-7-14/h13-14,17H,4-12H2,1-3H3. The maximum atomic E-state index is 12.0. The van der Waals surface area contributed by atoms with Gasteiger partial charge in [-0.2, -0.15) is 0 Å². The Morgan fingerprint density at radius 2 is 2.00 bits per heavy atom. The molecule has 2 rings (SSSR count). The number of carbonyl (C=O) groups excluding carboxylic acids is 1. The Bertz CT molecular complexity index is 335. The van der Waals surface area contributed by atoms with Gasteiger partial charge < -0.3 is 19.7 Å². The van der Waals surface area contributed by atoms with Crippen LogP contribution in [0.2, 0.25) is 0 Å². The molecule has 0 aromatic rings. The molecule has 5 heteroatoms. The zero-order valence-electron chi connectivity index (χ0n) is 13.7. The molecule has 2 aliphatic rings. The van der Waals surface area contributed by atoms with Crippen LogP contribution in [-0.2, 0) is 9.47 Å². The summed E-state index contributed by atoms with van der Waals surface area (Å²) >= 11 is 0. The van der Waals surface area contributed by atoms with Gasteiger partial charge in [-0.25, -0.2) is 4.79 Å². The van der Waals surface area contributed by atoms with Crippen LogP contribution in [-0.4, -0.2) is 55.5 Å². The molecule has 0 aromatic heterocycles. The van der Waals surface area contributed by atoms with Crippen molar-refractivity contribution in [2.24, 2.45) is 5.92 Å². The lowest BCUT2D eigenvalue weighted by molar-refractivity contribution is 0.0287. The van der Waals surface area contributed by atoms with Gasteiger partial charge in [0.05, 0.1) is 0 Å². The van der Waals surface area contributed by atoms with E-state index in [-0.39, 0.29) is 6.09 Å². The van der Waals surface area contributed by atoms with Gasteiger partial charge in [0.15, 0.2) is 0 Å². The summed E-state index contributed by atoms with van der Waals surface area (Å²) in [5, 5.41) is 3.62. The number of hydrogen-bond acceptors (Lipinski definition) is 4. The van der Waals surface area contributed by atoms with Crippen molar-refractivity contribution in [3.05, 3.63) is 0 Å². The third kappa shape index (κ3) is 5.83. The van der Waals surface area contributed by atoms with Crippen molar-refractivity contribution in [1.29, 1.82) is 0 Å². The van der Waals surface area contributed by atoms with Crippen molar-refractivity contribution in [3.8, 4) is 0 Å². The molecule has 21 heavy (non-hydrogen) atoms. The van der Waals surface area contributed by atoms with E-state index in [2.05, 4.69) is 5.32 Å². The summed E-state index contributed by atoms with van der Waals surface area (Å²) in [6.07, 6.45) is 4.30. The van der Waals surface area contributed by atoms with Gasteiger partial charge in [0, 0.05) is 32.3 Å². The van der Waals surface area contributed by atoms with Gasteiger partial charge in [-0.1, -0.05) is 0 Å². The topological polar surface area (TPSA) is 50.8 Å². The van der Waals surface area contributed by atoms with Crippen molar-refractivity contribution in [2.75, 3.05) is 32.8 Å². The number of ether oxygens (including phenoxy) is 2. The number of nitrogens with zero attached hydrogens (tertiary/aromatic N) is 1. The van der Waals surface area contributed by atoms with Crippen LogP contribution in [0.25, 0.3) is 0 Å². The van der Waals surface area contributed by atoms with E-state index in [1.165, 1.54) is 0 Å². The molecule has 5 nitrogen and oxygen atoms in total. The Morgan fingerprint density at radius 3 is 2.67 bits per heavy atom. The van der Waals surface area contributed by atoms with Gasteiger partial charge in [-0.15, -0.1) is 0 Å². The molecule has 0 bridgehead atoms. The normalized spacial score (nSPS) is 24.3. The average Bonchev–Trinajstić information content (AvgIpc) is 2.87. The van der Waals surface area contributed by atoms with E-state index in [4.69, 9.17) is 9.47 Å². The van der Waals surface area contributed by atoms with Crippen LogP contribution in [0.1, 0.15) is 46.5 Å². The molecule has 0 spiro atoms. The second-order valence-electron chi connectivity index (χ2n) is 7.21. The fourth-order valence-electron chi connectivity index (χ4n) is 2.95. The quantitative estimate of drug-likeness (QED) is 0.866. The smallest absolute Gasteiger partial charge is 0.410 e. The molecule has 2 heterocycles. The molecule has 2 saturated heterocycles. The second-order valence-corrected chi connectivity index (χ2v) is 7.21. The van der Waals surface area contributed by atoms with Gasteiger partial charge in [0.2, 0.25) is 0 Å². The van der Waals surface area contributed by atoms with Gasteiger partial charge in [-0.3, -0.25) is 0 Å². The largest absolute Gasteiger partial charge is 0.444 e. The fourth-order valence-corrected chi connectivity index (χ4v) is 2.95. The van der Waals surface area contributed by atoms with Crippen LogP contribution in [0.4, 0.5) is 4.79 Å². The monoisotopic (exact) mass is 298 g/mol. The van der Waals surface area contributed by atoms with Crippen molar-refractivity contribution in [3.63, 3.8) is 0 Å². The molecule has 1 atom stereocenters. The average molecular weight is 298 g/mol. The van der Waals surface area contributed by atoms with Crippen LogP contribution in [0.5, 0.6) is 0 Å². The summed E-state index contributed by atoms with van der Waals surface area (Å²) in [5.41, 5.74) is -0.403. The third-order valence-electron chi connectivity index (χ3n) is 4.14. The maximum absolute atomic E-state index is 12.0. The highest BCUT2D eigenvalue weighted by atomic mass is 16.6. The minimum Gasteiger partial charge on any atom is -0.444 e. The molecule has 0 saturated carbocycles. The Balaban J connectivity index is 1.62. The first-order chi connectivity index (χ1) is 9.94. The highest BCUT2D eigenvalue weighted by Crippen LogP contribution is 2.21. The van der Waals surface area contributed by atoms with Crippen LogP contribution in [0.3, 0.4) is 0 Å². The molecular weight excluding hydrogens is 268 g/mol. The number of nitrogens with one attached hydrogen (secondary N) is 1. The lowest BCUT2D eigenvalue weighted by atomic mass is 10.0. The Kier molecular flexibility index (Phi) is 5.88. The Hall–Kier alpha value is -0.810. The van der Waals surface area contributed by atoms with Crippen LogP contribution < -0.4 is 5.32 Å². The summed E-state index contributed by atoms with van der Waals surface area (Å²) in [5.74, 6) is 0.602. The molecule has 1 amide bonds. The highest BCUT2D eigenvalue weighted by molar-refractivity contribution is 5.68.